The van der Waals surface area contributed by atoms with E-state index in [9.17, 15) is 17.6 Å². The zero-order valence-electron chi connectivity index (χ0n) is 12.5. The Balaban J connectivity index is 2.21. The lowest BCUT2D eigenvalue weighted by Crippen LogP contribution is -2.06. The van der Waals surface area contributed by atoms with Crippen LogP contribution in [-0.4, -0.2) is 6.61 Å². The summed E-state index contributed by atoms with van der Waals surface area (Å²) >= 11 is 0. The topological polar surface area (TPSA) is 9.23 Å². The standard InChI is InChI=1S/C18H16F4O/c1-2-3-4-5-12-6-8-13(9-7-12)14-10-15(19)17(16(20)11-14)23-18(21)22/h2-3,6-11,18H,4-5H2,1H3. The van der Waals surface area contributed by atoms with Gasteiger partial charge in [0.1, 0.15) is 0 Å². The lowest BCUT2D eigenvalue weighted by molar-refractivity contribution is -0.0546. The molecule has 0 amide bonds. The van der Waals surface area contributed by atoms with E-state index >= 15 is 0 Å². The predicted molar refractivity (Wildman–Crippen MR) is 81.6 cm³/mol. The fourth-order valence-corrected chi connectivity index (χ4v) is 2.21. The van der Waals surface area contributed by atoms with Crippen molar-refractivity contribution < 1.29 is 22.3 Å². The summed E-state index contributed by atoms with van der Waals surface area (Å²) in [5.74, 6) is -3.37. The summed E-state index contributed by atoms with van der Waals surface area (Å²) in [5.41, 5.74) is 1.97. The molecule has 0 aliphatic rings. The molecule has 0 N–H and O–H groups in total. The third-order valence-electron chi connectivity index (χ3n) is 3.33. The van der Waals surface area contributed by atoms with Crippen LogP contribution in [0.2, 0.25) is 0 Å². The molecule has 2 aromatic carbocycles. The average molecular weight is 324 g/mol. The number of benzene rings is 2. The van der Waals surface area contributed by atoms with Gasteiger partial charge in [-0.2, -0.15) is 8.78 Å². The Morgan fingerprint density at radius 3 is 2.13 bits per heavy atom. The van der Waals surface area contributed by atoms with E-state index in [0.29, 0.717) is 5.56 Å². The third-order valence-corrected chi connectivity index (χ3v) is 3.33. The number of aryl methyl sites for hydroxylation is 1. The highest BCUT2D eigenvalue weighted by atomic mass is 19.3. The van der Waals surface area contributed by atoms with Gasteiger partial charge in [0.15, 0.2) is 17.4 Å². The molecule has 5 heteroatoms. The van der Waals surface area contributed by atoms with Crippen LogP contribution < -0.4 is 4.74 Å². The first kappa shape index (κ1) is 17.1. The summed E-state index contributed by atoms with van der Waals surface area (Å²) in [4.78, 5) is 0. The van der Waals surface area contributed by atoms with E-state index < -0.39 is 24.0 Å². The van der Waals surface area contributed by atoms with Crippen LogP contribution in [0.4, 0.5) is 17.6 Å². The molecule has 122 valence electrons. The van der Waals surface area contributed by atoms with E-state index in [-0.39, 0.29) is 5.56 Å². The van der Waals surface area contributed by atoms with Crippen molar-refractivity contribution in [3.8, 4) is 16.9 Å². The van der Waals surface area contributed by atoms with Gasteiger partial charge in [-0.1, -0.05) is 36.4 Å². The molecule has 0 bridgehead atoms. The van der Waals surface area contributed by atoms with E-state index in [2.05, 4.69) is 10.8 Å². The maximum atomic E-state index is 13.7. The molecular formula is C18H16F4O. The minimum absolute atomic E-state index is 0.265. The van der Waals surface area contributed by atoms with Gasteiger partial charge in [0, 0.05) is 0 Å². The first-order valence-corrected chi connectivity index (χ1v) is 7.15. The van der Waals surface area contributed by atoms with E-state index in [0.717, 1.165) is 30.5 Å². The van der Waals surface area contributed by atoms with Crippen LogP contribution in [0, 0.1) is 11.6 Å². The molecule has 2 aromatic rings. The smallest absolute Gasteiger partial charge is 0.387 e. The maximum absolute atomic E-state index is 13.7. The average Bonchev–Trinajstić information content (AvgIpc) is 2.51. The summed E-state index contributed by atoms with van der Waals surface area (Å²) in [6, 6.07) is 9.20. The lowest BCUT2D eigenvalue weighted by atomic mass is 10.0. The van der Waals surface area contributed by atoms with Crippen LogP contribution in [-0.2, 0) is 6.42 Å². The number of halogens is 4. The first-order chi connectivity index (χ1) is 11.0. The second-order valence-electron chi connectivity index (χ2n) is 4.95. The molecule has 0 radical (unpaired) electrons. The molecule has 0 saturated carbocycles. The zero-order chi connectivity index (χ0) is 16.8. The highest BCUT2D eigenvalue weighted by molar-refractivity contribution is 5.65. The number of alkyl halides is 2. The van der Waals surface area contributed by atoms with Crippen molar-refractivity contribution in [3.63, 3.8) is 0 Å². The van der Waals surface area contributed by atoms with Gasteiger partial charge in [0.2, 0.25) is 0 Å². The molecule has 0 heterocycles. The Labute approximate surface area is 132 Å². The van der Waals surface area contributed by atoms with Gasteiger partial charge in [-0.15, -0.1) is 0 Å². The van der Waals surface area contributed by atoms with Crippen LogP contribution in [0.1, 0.15) is 18.9 Å². The van der Waals surface area contributed by atoms with Crippen molar-refractivity contribution in [3.05, 3.63) is 65.7 Å². The molecule has 1 nitrogen and oxygen atoms in total. The minimum Gasteiger partial charge on any atom is -0.429 e. The normalized spacial score (nSPS) is 11.4. The van der Waals surface area contributed by atoms with E-state index in [1.54, 1.807) is 12.1 Å². The van der Waals surface area contributed by atoms with Crippen LogP contribution in [0.25, 0.3) is 11.1 Å². The molecule has 23 heavy (non-hydrogen) atoms. The first-order valence-electron chi connectivity index (χ1n) is 7.15. The quantitative estimate of drug-likeness (QED) is 0.486. The van der Waals surface area contributed by atoms with Crippen LogP contribution in [0.5, 0.6) is 5.75 Å². The van der Waals surface area contributed by atoms with Gasteiger partial charge >= 0.3 is 6.61 Å². The van der Waals surface area contributed by atoms with Crippen molar-refractivity contribution in [2.24, 2.45) is 0 Å². The SMILES string of the molecule is CC=CCCc1ccc(-c2cc(F)c(OC(F)F)c(F)c2)cc1. The lowest BCUT2D eigenvalue weighted by Gasteiger charge is -2.10. The number of ether oxygens (including phenoxy) is 1. The highest BCUT2D eigenvalue weighted by Gasteiger charge is 2.17. The second-order valence-corrected chi connectivity index (χ2v) is 4.95. The molecule has 2 rings (SSSR count). The maximum Gasteiger partial charge on any atom is 0.387 e. The largest absolute Gasteiger partial charge is 0.429 e. The molecule has 0 aliphatic heterocycles. The molecule has 0 saturated heterocycles. The fraction of sp³-hybridized carbons (Fsp3) is 0.222. The molecule has 0 aliphatic carbocycles. The van der Waals surface area contributed by atoms with E-state index in [1.807, 2.05) is 25.1 Å². The Bertz CT molecular complexity index is 655. The van der Waals surface area contributed by atoms with Crippen molar-refractivity contribution in [1.29, 1.82) is 0 Å². The Hall–Kier alpha value is -2.30. The predicted octanol–water partition coefficient (Wildman–Crippen LogP) is 5.74. The second kappa shape index (κ2) is 7.81. The van der Waals surface area contributed by atoms with Crippen LogP contribution in [0.3, 0.4) is 0 Å². The van der Waals surface area contributed by atoms with Gasteiger partial charge in [0.25, 0.3) is 0 Å². The van der Waals surface area contributed by atoms with Gasteiger partial charge in [0.05, 0.1) is 0 Å². The molecular weight excluding hydrogens is 308 g/mol. The van der Waals surface area contributed by atoms with Crippen LogP contribution in [0.15, 0.2) is 48.6 Å². The number of allylic oxidation sites excluding steroid dienone is 2. The number of hydrogen-bond acceptors (Lipinski definition) is 1. The Morgan fingerprint density at radius 1 is 1.00 bits per heavy atom. The molecule has 0 spiro atoms. The summed E-state index contributed by atoms with van der Waals surface area (Å²) in [7, 11) is 0. The Morgan fingerprint density at radius 2 is 1.61 bits per heavy atom. The third kappa shape index (κ3) is 4.58. The zero-order valence-corrected chi connectivity index (χ0v) is 12.5. The molecule has 0 fully saturated rings. The van der Waals surface area contributed by atoms with Gasteiger partial charge in [-0.05, 0) is 48.6 Å². The van der Waals surface area contributed by atoms with Gasteiger partial charge in [-0.25, -0.2) is 8.78 Å². The van der Waals surface area contributed by atoms with E-state index in [4.69, 9.17) is 0 Å². The summed E-state index contributed by atoms with van der Waals surface area (Å²) in [6.45, 7) is -1.32. The summed E-state index contributed by atoms with van der Waals surface area (Å²) in [5, 5.41) is 0. The number of rotatable bonds is 6. The number of hydrogen-bond donors (Lipinski definition) is 0. The van der Waals surface area contributed by atoms with Crippen molar-refractivity contribution >= 4 is 0 Å². The Kier molecular flexibility index (Phi) is 5.79. The molecule has 0 atom stereocenters. The van der Waals surface area contributed by atoms with Gasteiger partial charge in [-0.3, -0.25) is 0 Å². The monoisotopic (exact) mass is 324 g/mol. The molecule has 0 unspecified atom stereocenters. The van der Waals surface area contributed by atoms with Crippen LogP contribution >= 0.6 is 0 Å². The minimum atomic E-state index is -3.28. The fourth-order valence-electron chi connectivity index (χ4n) is 2.21. The summed E-state index contributed by atoms with van der Waals surface area (Å²) in [6.07, 6.45) is 5.82. The van der Waals surface area contributed by atoms with Crippen molar-refractivity contribution in [2.45, 2.75) is 26.4 Å². The van der Waals surface area contributed by atoms with Crippen molar-refractivity contribution in [2.75, 3.05) is 0 Å². The summed E-state index contributed by atoms with van der Waals surface area (Å²) < 4.78 is 55.6. The van der Waals surface area contributed by atoms with Gasteiger partial charge < -0.3 is 4.74 Å². The van der Waals surface area contributed by atoms with E-state index in [1.165, 1.54) is 0 Å². The highest BCUT2D eigenvalue weighted by Crippen LogP contribution is 2.30. The molecule has 0 aromatic heterocycles. The van der Waals surface area contributed by atoms with Crippen molar-refractivity contribution in [1.82, 2.24) is 0 Å².